The van der Waals surface area contributed by atoms with Crippen LogP contribution >= 0.6 is 34.0 Å². The molecule has 0 fully saturated rings. The van der Waals surface area contributed by atoms with Gasteiger partial charge in [0.2, 0.25) is 0 Å². The summed E-state index contributed by atoms with van der Waals surface area (Å²) in [6.45, 7) is 9.13. The molecule has 1 aliphatic carbocycles. The summed E-state index contributed by atoms with van der Waals surface area (Å²) in [6, 6.07) is 28.6. The van der Waals surface area contributed by atoms with E-state index in [1.165, 1.54) is 141 Å². The highest BCUT2D eigenvalue weighted by molar-refractivity contribution is 7.27. The second kappa shape index (κ2) is 15.6. The van der Waals surface area contributed by atoms with Crippen LogP contribution in [0, 0.1) is 13.8 Å². The monoisotopic (exact) mass is 664 g/mol. The van der Waals surface area contributed by atoms with Gasteiger partial charge in [-0.3, -0.25) is 0 Å². The van der Waals surface area contributed by atoms with E-state index >= 15 is 0 Å². The van der Waals surface area contributed by atoms with Crippen LogP contribution in [0.3, 0.4) is 0 Å². The number of hydrogen-bond donors (Lipinski definition) is 0. The molecule has 46 heavy (non-hydrogen) atoms. The van der Waals surface area contributed by atoms with Gasteiger partial charge in [-0.2, -0.15) is 0 Å². The highest BCUT2D eigenvalue weighted by Gasteiger charge is 2.42. The lowest BCUT2D eigenvalue weighted by Gasteiger charge is -2.33. The van der Waals surface area contributed by atoms with Crippen LogP contribution in [0.5, 0.6) is 0 Å². The first-order chi connectivity index (χ1) is 22.5. The van der Waals surface area contributed by atoms with E-state index in [2.05, 4.69) is 100 Å². The third kappa shape index (κ3) is 7.33. The lowest BCUT2D eigenvalue weighted by atomic mass is 9.70. The van der Waals surface area contributed by atoms with Crippen molar-refractivity contribution in [2.45, 2.75) is 123 Å². The highest BCUT2D eigenvalue weighted by Crippen LogP contribution is 2.55. The average Bonchev–Trinajstić information content (AvgIpc) is 3.87. The molecule has 3 heterocycles. The Balaban J connectivity index is 1.31. The van der Waals surface area contributed by atoms with Crippen molar-refractivity contribution < 1.29 is 0 Å². The van der Waals surface area contributed by atoms with Crippen molar-refractivity contribution >= 4 is 34.0 Å². The third-order valence-corrected chi connectivity index (χ3v) is 13.8. The smallest absolute Gasteiger partial charge is 0.0449 e. The standard InChI is InChI=1S/C43H52S3/c1-5-7-9-11-13-15-27-43(28-16-14-12-10-8-6-2)36-29-31(3)17-20-34(36)35-21-19-33(30-37(35)43)38-23-24-41(45-38)42-26-25-40(46-42)39-22-18-32(4)44-39/h17-26,29-30H,5-16,27-28H2,1-4H3. The van der Waals surface area contributed by atoms with Gasteiger partial charge in [0.05, 0.1) is 0 Å². The van der Waals surface area contributed by atoms with Crippen LogP contribution in [-0.2, 0) is 5.41 Å². The van der Waals surface area contributed by atoms with Gasteiger partial charge >= 0.3 is 0 Å². The molecule has 0 nitrogen and oxygen atoms in total. The number of thiophene rings is 3. The molecule has 6 rings (SSSR count). The van der Waals surface area contributed by atoms with E-state index < -0.39 is 0 Å². The molecule has 1 aliphatic rings. The molecule has 0 radical (unpaired) electrons. The minimum absolute atomic E-state index is 0.129. The van der Waals surface area contributed by atoms with E-state index in [0.29, 0.717) is 0 Å². The number of fused-ring (bicyclic) bond motifs is 3. The quantitative estimate of drug-likeness (QED) is 0.0868. The van der Waals surface area contributed by atoms with Crippen LogP contribution in [0.25, 0.3) is 41.1 Å². The lowest BCUT2D eigenvalue weighted by molar-refractivity contribution is 0.398. The van der Waals surface area contributed by atoms with Crippen molar-refractivity contribution in [1.82, 2.24) is 0 Å². The summed E-state index contributed by atoms with van der Waals surface area (Å²) in [7, 11) is 0. The molecule has 5 aromatic rings. The average molecular weight is 665 g/mol. The molecule has 0 N–H and O–H groups in total. The summed E-state index contributed by atoms with van der Waals surface area (Å²) in [6.07, 6.45) is 18.8. The molecule has 2 aromatic carbocycles. The van der Waals surface area contributed by atoms with Crippen molar-refractivity contribution in [3.05, 3.63) is 94.4 Å². The third-order valence-electron chi connectivity index (χ3n) is 10.2. The summed E-state index contributed by atoms with van der Waals surface area (Å²) < 4.78 is 0. The van der Waals surface area contributed by atoms with Crippen molar-refractivity contribution in [1.29, 1.82) is 0 Å². The van der Waals surface area contributed by atoms with E-state index in [1.807, 2.05) is 34.0 Å². The zero-order chi connectivity index (χ0) is 31.9. The van der Waals surface area contributed by atoms with Gasteiger partial charge in [0, 0.05) is 34.7 Å². The van der Waals surface area contributed by atoms with Crippen molar-refractivity contribution in [2.24, 2.45) is 0 Å². The Morgan fingerprint density at radius 2 is 0.935 bits per heavy atom. The summed E-state index contributed by atoms with van der Waals surface area (Å²) in [5.74, 6) is 0. The molecular formula is C43H52S3. The molecule has 3 aromatic heterocycles. The predicted molar refractivity (Wildman–Crippen MR) is 208 cm³/mol. The second-order valence-electron chi connectivity index (χ2n) is 13.7. The van der Waals surface area contributed by atoms with Gasteiger partial charge in [0.25, 0.3) is 0 Å². The predicted octanol–water partition coefficient (Wildman–Crippen LogP) is 15.3. The molecule has 3 heteroatoms. The van der Waals surface area contributed by atoms with E-state index in [0.717, 1.165) is 0 Å². The molecule has 242 valence electrons. The first-order valence-electron chi connectivity index (χ1n) is 18.1. The first-order valence-corrected chi connectivity index (χ1v) is 20.5. The summed E-state index contributed by atoms with van der Waals surface area (Å²) >= 11 is 5.78. The fraction of sp³-hybridized carbons (Fsp3) is 0.442. The maximum atomic E-state index is 2.61. The topological polar surface area (TPSA) is 0 Å². The highest BCUT2D eigenvalue weighted by atomic mass is 32.1. The van der Waals surface area contributed by atoms with Crippen LogP contribution in [0.1, 0.15) is 125 Å². The molecule has 0 saturated heterocycles. The Kier molecular flexibility index (Phi) is 11.4. The Bertz CT molecular complexity index is 1690. The van der Waals surface area contributed by atoms with Gasteiger partial charge in [0.15, 0.2) is 0 Å². The zero-order valence-electron chi connectivity index (χ0n) is 28.6. The number of aryl methyl sites for hydroxylation is 2. The maximum absolute atomic E-state index is 2.61. The number of benzene rings is 2. The van der Waals surface area contributed by atoms with E-state index in [4.69, 9.17) is 0 Å². The Morgan fingerprint density at radius 3 is 1.52 bits per heavy atom. The summed E-state index contributed by atoms with van der Waals surface area (Å²) in [5.41, 5.74) is 9.12. The Hall–Kier alpha value is -2.46. The lowest BCUT2D eigenvalue weighted by Crippen LogP contribution is -2.25. The molecule has 0 amide bonds. The number of unbranched alkanes of at least 4 members (excludes halogenated alkanes) is 10. The molecule has 0 aliphatic heterocycles. The van der Waals surface area contributed by atoms with E-state index in [-0.39, 0.29) is 5.41 Å². The largest absolute Gasteiger partial charge is 0.140 e. The fourth-order valence-electron chi connectivity index (χ4n) is 7.64. The number of rotatable bonds is 17. The number of hydrogen-bond acceptors (Lipinski definition) is 3. The van der Waals surface area contributed by atoms with Crippen molar-refractivity contribution in [2.75, 3.05) is 0 Å². The van der Waals surface area contributed by atoms with Crippen LogP contribution in [0.4, 0.5) is 0 Å². The normalized spacial score (nSPS) is 13.3. The summed E-state index contributed by atoms with van der Waals surface area (Å²) in [5, 5.41) is 0. The minimum atomic E-state index is 0.129. The van der Waals surface area contributed by atoms with Gasteiger partial charge < -0.3 is 0 Å². The van der Waals surface area contributed by atoms with E-state index in [9.17, 15) is 0 Å². The van der Waals surface area contributed by atoms with Gasteiger partial charge in [-0.25, -0.2) is 0 Å². The zero-order valence-corrected chi connectivity index (χ0v) is 31.0. The molecule has 0 unspecified atom stereocenters. The van der Waals surface area contributed by atoms with Crippen LogP contribution < -0.4 is 0 Å². The second-order valence-corrected chi connectivity index (χ2v) is 17.1. The molecule has 0 saturated carbocycles. The summed E-state index contributed by atoms with van der Waals surface area (Å²) in [4.78, 5) is 8.28. The van der Waals surface area contributed by atoms with E-state index in [1.54, 1.807) is 11.1 Å². The van der Waals surface area contributed by atoms with Crippen molar-refractivity contribution in [3.63, 3.8) is 0 Å². The fourth-order valence-corrected chi connectivity index (χ4v) is 10.7. The minimum Gasteiger partial charge on any atom is -0.140 e. The SMILES string of the molecule is CCCCCCCCC1(CCCCCCCC)c2cc(C)ccc2-c2ccc(-c3ccc(-c4ccc(-c5ccc(C)s5)s4)s3)cc21. The first kappa shape index (κ1) is 33.4. The van der Waals surface area contributed by atoms with Gasteiger partial charge in [0.1, 0.15) is 0 Å². The van der Waals surface area contributed by atoms with Crippen LogP contribution in [0.15, 0.2) is 72.8 Å². The Morgan fingerprint density at radius 1 is 0.457 bits per heavy atom. The maximum Gasteiger partial charge on any atom is 0.0449 e. The van der Waals surface area contributed by atoms with Crippen LogP contribution in [0.2, 0.25) is 0 Å². The molecule has 0 bridgehead atoms. The van der Waals surface area contributed by atoms with Gasteiger partial charge in [-0.05, 0) is 97.0 Å². The molecule has 0 spiro atoms. The molecule has 0 atom stereocenters. The van der Waals surface area contributed by atoms with Crippen LogP contribution in [-0.4, -0.2) is 0 Å². The van der Waals surface area contributed by atoms with Crippen molar-refractivity contribution in [3.8, 4) is 41.1 Å². The van der Waals surface area contributed by atoms with Gasteiger partial charge in [-0.15, -0.1) is 34.0 Å². The molecular weight excluding hydrogens is 613 g/mol. The van der Waals surface area contributed by atoms with Gasteiger partial charge in [-0.1, -0.05) is 127 Å². The Labute approximate surface area is 291 Å².